The van der Waals surface area contributed by atoms with Gasteiger partial charge in [-0.1, -0.05) is 11.6 Å². The molecule has 1 aromatic heterocycles. The van der Waals surface area contributed by atoms with Gasteiger partial charge >= 0.3 is 0 Å². The Balaban J connectivity index is 1.82. The Bertz CT molecular complexity index is 517. The molecule has 0 atom stereocenters. The quantitative estimate of drug-likeness (QED) is 0.903. The molecule has 0 spiro atoms. The molecule has 5 heteroatoms. The molecule has 1 fully saturated rings. The zero-order chi connectivity index (χ0) is 12.4. The van der Waals surface area contributed by atoms with Crippen molar-refractivity contribution in [2.45, 2.75) is 0 Å². The molecule has 1 aromatic carbocycles. The normalized spacial score (nSPS) is 15.9. The van der Waals surface area contributed by atoms with Gasteiger partial charge in [0.15, 0.2) is 5.76 Å². The Kier molecular flexibility index (Phi) is 3.21. The van der Waals surface area contributed by atoms with Gasteiger partial charge in [-0.15, -0.1) is 0 Å². The first-order valence-corrected chi connectivity index (χ1v) is 6.38. The number of piperazine rings is 1. The molecule has 2 aromatic rings. The average Bonchev–Trinajstić information content (AvgIpc) is 2.90. The molecular formula is C13H14ClN3O. The second kappa shape index (κ2) is 5.00. The first-order chi connectivity index (χ1) is 8.83. The van der Waals surface area contributed by atoms with Crippen LogP contribution < -0.4 is 10.2 Å². The van der Waals surface area contributed by atoms with Crippen LogP contribution in [0.3, 0.4) is 0 Å². The summed E-state index contributed by atoms with van der Waals surface area (Å²) in [7, 11) is 0. The third kappa shape index (κ3) is 2.35. The van der Waals surface area contributed by atoms with Crippen LogP contribution in [0.15, 0.2) is 34.9 Å². The number of anilines is 1. The first-order valence-electron chi connectivity index (χ1n) is 6.00. The van der Waals surface area contributed by atoms with Gasteiger partial charge in [-0.05, 0) is 24.3 Å². The number of aromatic nitrogens is 1. The largest absolute Gasteiger partial charge is 0.423 e. The van der Waals surface area contributed by atoms with Crippen LogP contribution in [0.1, 0.15) is 0 Å². The van der Waals surface area contributed by atoms with Crippen molar-refractivity contribution in [1.82, 2.24) is 10.3 Å². The fraction of sp³-hybridized carbons (Fsp3) is 0.308. The lowest BCUT2D eigenvalue weighted by Gasteiger charge is -2.25. The van der Waals surface area contributed by atoms with Crippen LogP contribution >= 0.6 is 11.6 Å². The molecule has 0 aliphatic carbocycles. The van der Waals surface area contributed by atoms with E-state index < -0.39 is 0 Å². The van der Waals surface area contributed by atoms with Crippen LogP contribution in [0.4, 0.5) is 6.01 Å². The highest BCUT2D eigenvalue weighted by molar-refractivity contribution is 6.30. The van der Waals surface area contributed by atoms with Crippen LogP contribution in [0.2, 0.25) is 5.02 Å². The van der Waals surface area contributed by atoms with E-state index in [0.29, 0.717) is 6.01 Å². The second-order valence-electron chi connectivity index (χ2n) is 4.25. The summed E-state index contributed by atoms with van der Waals surface area (Å²) in [5, 5.41) is 4.03. The van der Waals surface area contributed by atoms with E-state index in [1.54, 1.807) is 6.20 Å². The van der Waals surface area contributed by atoms with Crippen LogP contribution in [0.5, 0.6) is 0 Å². The van der Waals surface area contributed by atoms with Gasteiger partial charge in [0.25, 0.3) is 6.01 Å². The van der Waals surface area contributed by atoms with Gasteiger partial charge in [-0.3, -0.25) is 0 Å². The maximum atomic E-state index is 5.86. The van der Waals surface area contributed by atoms with Gasteiger partial charge in [0.1, 0.15) is 0 Å². The zero-order valence-corrected chi connectivity index (χ0v) is 10.7. The minimum atomic E-state index is 0.696. The van der Waals surface area contributed by atoms with Crippen molar-refractivity contribution in [3.05, 3.63) is 35.5 Å². The van der Waals surface area contributed by atoms with E-state index in [1.165, 1.54) is 0 Å². The number of rotatable bonds is 2. The Morgan fingerprint density at radius 2 is 1.89 bits per heavy atom. The summed E-state index contributed by atoms with van der Waals surface area (Å²) in [5.74, 6) is 0.778. The number of halogens is 1. The minimum Gasteiger partial charge on any atom is -0.423 e. The van der Waals surface area contributed by atoms with Crippen LogP contribution in [-0.4, -0.2) is 31.2 Å². The molecule has 1 aliphatic rings. The zero-order valence-electron chi connectivity index (χ0n) is 9.90. The predicted molar refractivity (Wildman–Crippen MR) is 72.0 cm³/mol. The Hall–Kier alpha value is -1.52. The van der Waals surface area contributed by atoms with Crippen LogP contribution in [-0.2, 0) is 0 Å². The van der Waals surface area contributed by atoms with Gasteiger partial charge in [0.05, 0.1) is 6.20 Å². The summed E-state index contributed by atoms with van der Waals surface area (Å²) in [6.07, 6.45) is 1.76. The number of hydrogen-bond donors (Lipinski definition) is 1. The third-order valence-electron chi connectivity index (χ3n) is 3.01. The van der Waals surface area contributed by atoms with Crippen molar-refractivity contribution < 1.29 is 4.42 Å². The lowest BCUT2D eigenvalue weighted by Crippen LogP contribution is -2.43. The molecule has 2 heterocycles. The number of nitrogens with zero attached hydrogens (tertiary/aromatic N) is 2. The van der Waals surface area contributed by atoms with Crippen molar-refractivity contribution in [2.75, 3.05) is 31.1 Å². The molecule has 94 valence electrons. The van der Waals surface area contributed by atoms with Gasteiger partial charge < -0.3 is 14.6 Å². The lowest BCUT2D eigenvalue weighted by molar-refractivity contribution is 0.505. The maximum absolute atomic E-state index is 5.86. The van der Waals surface area contributed by atoms with Gasteiger partial charge in [0.2, 0.25) is 0 Å². The minimum absolute atomic E-state index is 0.696. The van der Waals surface area contributed by atoms with Crippen molar-refractivity contribution in [3.63, 3.8) is 0 Å². The second-order valence-corrected chi connectivity index (χ2v) is 4.69. The highest BCUT2D eigenvalue weighted by atomic mass is 35.5. The van der Waals surface area contributed by atoms with E-state index in [-0.39, 0.29) is 0 Å². The monoisotopic (exact) mass is 263 g/mol. The maximum Gasteiger partial charge on any atom is 0.297 e. The summed E-state index contributed by atoms with van der Waals surface area (Å²) in [5.41, 5.74) is 0.994. The highest BCUT2D eigenvalue weighted by Gasteiger charge is 2.16. The molecule has 0 unspecified atom stereocenters. The number of benzene rings is 1. The molecule has 0 saturated carbocycles. The summed E-state index contributed by atoms with van der Waals surface area (Å²) >= 11 is 5.86. The summed E-state index contributed by atoms with van der Waals surface area (Å²) in [6.45, 7) is 3.80. The molecular weight excluding hydrogens is 250 g/mol. The van der Waals surface area contributed by atoms with Crippen molar-refractivity contribution in [2.24, 2.45) is 0 Å². The average molecular weight is 264 g/mol. The SMILES string of the molecule is Clc1ccc(-c2cnc(N3CCNCC3)o2)cc1. The molecule has 1 saturated heterocycles. The van der Waals surface area contributed by atoms with Crippen molar-refractivity contribution in [3.8, 4) is 11.3 Å². The van der Waals surface area contributed by atoms with Gasteiger partial charge in [0, 0.05) is 36.8 Å². The van der Waals surface area contributed by atoms with E-state index in [1.807, 2.05) is 24.3 Å². The lowest BCUT2D eigenvalue weighted by atomic mass is 10.2. The van der Waals surface area contributed by atoms with E-state index >= 15 is 0 Å². The summed E-state index contributed by atoms with van der Waals surface area (Å²) in [6, 6.07) is 8.27. The Labute approximate surface area is 111 Å². The standard InChI is InChI=1S/C13H14ClN3O/c14-11-3-1-10(2-4-11)12-9-16-13(18-12)17-7-5-15-6-8-17/h1-4,9,15H,5-8H2. The summed E-state index contributed by atoms with van der Waals surface area (Å²) < 4.78 is 5.79. The number of hydrogen-bond acceptors (Lipinski definition) is 4. The van der Waals surface area contributed by atoms with Crippen molar-refractivity contribution in [1.29, 1.82) is 0 Å². The van der Waals surface area contributed by atoms with Gasteiger partial charge in [-0.2, -0.15) is 0 Å². The molecule has 3 rings (SSSR count). The molecule has 4 nitrogen and oxygen atoms in total. The van der Waals surface area contributed by atoms with Crippen LogP contribution in [0, 0.1) is 0 Å². The molecule has 18 heavy (non-hydrogen) atoms. The van der Waals surface area contributed by atoms with E-state index in [0.717, 1.165) is 42.5 Å². The highest BCUT2D eigenvalue weighted by Crippen LogP contribution is 2.25. The van der Waals surface area contributed by atoms with E-state index in [9.17, 15) is 0 Å². The van der Waals surface area contributed by atoms with Crippen molar-refractivity contribution >= 4 is 17.6 Å². The molecule has 1 aliphatic heterocycles. The molecule has 0 amide bonds. The first kappa shape index (κ1) is 11.6. The fourth-order valence-corrected chi connectivity index (χ4v) is 2.14. The molecule has 1 N–H and O–H groups in total. The summed E-state index contributed by atoms with van der Waals surface area (Å²) in [4.78, 5) is 6.49. The Morgan fingerprint density at radius 1 is 1.17 bits per heavy atom. The number of oxazole rings is 1. The van der Waals surface area contributed by atoms with E-state index in [2.05, 4.69) is 15.2 Å². The smallest absolute Gasteiger partial charge is 0.297 e. The molecule has 0 bridgehead atoms. The van der Waals surface area contributed by atoms with Crippen LogP contribution in [0.25, 0.3) is 11.3 Å². The Morgan fingerprint density at radius 3 is 2.61 bits per heavy atom. The third-order valence-corrected chi connectivity index (χ3v) is 3.26. The predicted octanol–water partition coefficient (Wildman–Crippen LogP) is 2.40. The van der Waals surface area contributed by atoms with E-state index in [4.69, 9.17) is 16.0 Å². The molecule has 0 radical (unpaired) electrons. The number of nitrogens with one attached hydrogen (secondary N) is 1. The van der Waals surface area contributed by atoms with Gasteiger partial charge in [-0.25, -0.2) is 4.98 Å². The topological polar surface area (TPSA) is 41.3 Å². The fourth-order valence-electron chi connectivity index (χ4n) is 2.01.